The van der Waals surface area contributed by atoms with Crippen molar-refractivity contribution in [2.45, 2.75) is 19.9 Å². The average Bonchev–Trinajstić information content (AvgIpc) is 3.12. The second-order valence-electron chi connectivity index (χ2n) is 5.23. The van der Waals surface area contributed by atoms with Crippen molar-refractivity contribution in [3.63, 3.8) is 0 Å². The Labute approximate surface area is 170 Å². The summed E-state index contributed by atoms with van der Waals surface area (Å²) in [4.78, 5) is 17.5. The van der Waals surface area contributed by atoms with E-state index in [0.717, 1.165) is 31.0 Å². The molecule has 1 amide bonds. The minimum atomic E-state index is -0.0596. The number of hydrogen-bond donors (Lipinski definition) is 3. The van der Waals surface area contributed by atoms with Gasteiger partial charge in [0.05, 0.1) is 6.54 Å². The molecule has 0 aliphatic rings. The highest BCUT2D eigenvalue weighted by Gasteiger charge is 2.04. The fourth-order valence-corrected chi connectivity index (χ4v) is 2.87. The van der Waals surface area contributed by atoms with Crippen LogP contribution in [0.5, 0.6) is 0 Å². The zero-order chi connectivity index (χ0) is 17.2. The van der Waals surface area contributed by atoms with Crippen LogP contribution in [0.4, 0.5) is 0 Å². The lowest BCUT2D eigenvalue weighted by molar-refractivity contribution is 0.0963. The maximum Gasteiger partial charge on any atom is 0.251 e. The van der Waals surface area contributed by atoms with Gasteiger partial charge in [0, 0.05) is 30.6 Å². The molecular weight excluding hydrogens is 447 g/mol. The van der Waals surface area contributed by atoms with Crippen LogP contribution in [-0.2, 0) is 13.0 Å². The summed E-state index contributed by atoms with van der Waals surface area (Å²) in [6.45, 7) is 4.31. The van der Waals surface area contributed by atoms with Gasteiger partial charge in [-0.2, -0.15) is 0 Å². The number of aliphatic imine (C=N–C) groups is 1. The number of halogens is 1. The third kappa shape index (κ3) is 7.43. The maximum absolute atomic E-state index is 11.7. The third-order valence-corrected chi connectivity index (χ3v) is 4.30. The SMILES string of the molecule is CCNC(=NCc1cccs1)NCCc1cccc(C(=O)NC)c1.I. The van der Waals surface area contributed by atoms with E-state index in [1.807, 2.05) is 30.3 Å². The summed E-state index contributed by atoms with van der Waals surface area (Å²) in [5, 5.41) is 11.3. The molecule has 2 aromatic rings. The lowest BCUT2D eigenvalue weighted by Gasteiger charge is -2.11. The minimum Gasteiger partial charge on any atom is -0.357 e. The normalized spacial score (nSPS) is 10.7. The summed E-state index contributed by atoms with van der Waals surface area (Å²) in [7, 11) is 1.64. The summed E-state index contributed by atoms with van der Waals surface area (Å²) in [5.41, 5.74) is 1.81. The second kappa shape index (κ2) is 11.9. The summed E-state index contributed by atoms with van der Waals surface area (Å²) in [5.74, 6) is 0.754. The standard InChI is InChI=1S/C18H24N4OS.HI/c1-3-20-18(22-13-16-8-5-11-24-16)21-10-9-14-6-4-7-15(12-14)17(23)19-2;/h4-8,11-12H,3,9-10,13H2,1-2H3,(H,19,23)(H2,20,21,22);1H. The fraction of sp³-hybridized carbons (Fsp3) is 0.333. The van der Waals surface area contributed by atoms with Gasteiger partial charge in [-0.3, -0.25) is 4.79 Å². The molecule has 0 saturated carbocycles. The Morgan fingerprint density at radius 3 is 2.72 bits per heavy atom. The van der Waals surface area contributed by atoms with Crippen LogP contribution in [0, 0.1) is 0 Å². The molecule has 3 N–H and O–H groups in total. The van der Waals surface area contributed by atoms with Gasteiger partial charge in [-0.15, -0.1) is 35.3 Å². The minimum absolute atomic E-state index is 0. The number of nitrogens with one attached hydrogen (secondary N) is 3. The predicted octanol–water partition coefficient (Wildman–Crippen LogP) is 3.02. The molecule has 136 valence electrons. The predicted molar refractivity (Wildman–Crippen MR) is 116 cm³/mol. The first kappa shape index (κ1) is 21.4. The van der Waals surface area contributed by atoms with E-state index >= 15 is 0 Å². The lowest BCUT2D eigenvalue weighted by Crippen LogP contribution is -2.38. The van der Waals surface area contributed by atoms with E-state index in [4.69, 9.17) is 0 Å². The summed E-state index contributed by atoms with van der Waals surface area (Å²) >= 11 is 1.71. The molecule has 1 aromatic heterocycles. The third-order valence-electron chi connectivity index (χ3n) is 3.44. The number of guanidine groups is 1. The Morgan fingerprint density at radius 2 is 2.04 bits per heavy atom. The quantitative estimate of drug-likeness (QED) is 0.330. The van der Waals surface area contributed by atoms with Crippen LogP contribution in [0.15, 0.2) is 46.8 Å². The van der Waals surface area contributed by atoms with Crippen molar-refractivity contribution in [2.24, 2.45) is 4.99 Å². The van der Waals surface area contributed by atoms with E-state index in [2.05, 4.69) is 39.3 Å². The van der Waals surface area contributed by atoms with Crippen LogP contribution in [0.25, 0.3) is 0 Å². The number of carbonyl (C=O) groups is 1. The number of nitrogens with zero attached hydrogens (tertiary/aromatic N) is 1. The van der Waals surface area contributed by atoms with Crippen LogP contribution < -0.4 is 16.0 Å². The molecule has 25 heavy (non-hydrogen) atoms. The molecule has 2 rings (SSSR count). The summed E-state index contributed by atoms with van der Waals surface area (Å²) in [6.07, 6.45) is 0.828. The Morgan fingerprint density at radius 1 is 1.20 bits per heavy atom. The molecule has 0 radical (unpaired) electrons. The van der Waals surface area contributed by atoms with Gasteiger partial charge in [0.15, 0.2) is 5.96 Å². The summed E-state index contributed by atoms with van der Waals surface area (Å²) < 4.78 is 0. The van der Waals surface area contributed by atoms with Crippen molar-refractivity contribution in [3.05, 3.63) is 57.8 Å². The Bertz CT molecular complexity index is 673. The number of amides is 1. The zero-order valence-corrected chi connectivity index (χ0v) is 17.7. The van der Waals surface area contributed by atoms with Gasteiger partial charge in [-0.25, -0.2) is 4.99 Å². The van der Waals surface area contributed by atoms with Gasteiger partial charge in [0.25, 0.3) is 5.91 Å². The second-order valence-corrected chi connectivity index (χ2v) is 6.26. The number of thiophene rings is 1. The zero-order valence-electron chi connectivity index (χ0n) is 14.5. The van der Waals surface area contributed by atoms with Gasteiger partial charge in [0.1, 0.15) is 0 Å². The fourth-order valence-electron chi connectivity index (χ4n) is 2.24. The van der Waals surface area contributed by atoms with Crippen molar-refractivity contribution < 1.29 is 4.79 Å². The van der Waals surface area contributed by atoms with E-state index in [1.54, 1.807) is 18.4 Å². The molecule has 0 spiro atoms. The first-order valence-corrected chi connectivity index (χ1v) is 8.96. The number of benzene rings is 1. The Hall–Kier alpha value is -1.61. The monoisotopic (exact) mass is 472 g/mol. The van der Waals surface area contributed by atoms with Crippen molar-refractivity contribution in [1.82, 2.24) is 16.0 Å². The van der Waals surface area contributed by atoms with Gasteiger partial charge in [0.2, 0.25) is 0 Å². The van der Waals surface area contributed by atoms with Crippen molar-refractivity contribution in [1.29, 1.82) is 0 Å². The molecule has 1 aromatic carbocycles. The largest absolute Gasteiger partial charge is 0.357 e. The molecule has 0 unspecified atom stereocenters. The van der Waals surface area contributed by atoms with E-state index in [9.17, 15) is 4.79 Å². The topological polar surface area (TPSA) is 65.5 Å². The van der Waals surface area contributed by atoms with Crippen LogP contribution in [0.1, 0.15) is 27.7 Å². The van der Waals surface area contributed by atoms with Crippen LogP contribution in [0.3, 0.4) is 0 Å². The van der Waals surface area contributed by atoms with Gasteiger partial charge in [-0.1, -0.05) is 18.2 Å². The average molecular weight is 472 g/mol. The van der Waals surface area contributed by atoms with Crippen LogP contribution in [-0.4, -0.2) is 32.0 Å². The number of carbonyl (C=O) groups excluding carboxylic acids is 1. The molecule has 1 heterocycles. The van der Waals surface area contributed by atoms with Crippen molar-refractivity contribution in [2.75, 3.05) is 20.1 Å². The van der Waals surface area contributed by atoms with Crippen LogP contribution >= 0.6 is 35.3 Å². The molecule has 0 aliphatic carbocycles. The highest BCUT2D eigenvalue weighted by atomic mass is 127. The molecule has 7 heteroatoms. The van der Waals surface area contributed by atoms with E-state index < -0.39 is 0 Å². The van der Waals surface area contributed by atoms with Gasteiger partial charge >= 0.3 is 0 Å². The van der Waals surface area contributed by atoms with E-state index in [1.165, 1.54) is 4.88 Å². The lowest BCUT2D eigenvalue weighted by atomic mass is 10.1. The Balaban J connectivity index is 0.00000312. The van der Waals surface area contributed by atoms with Crippen molar-refractivity contribution >= 4 is 47.2 Å². The van der Waals surface area contributed by atoms with E-state index in [0.29, 0.717) is 12.1 Å². The highest BCUT2D eigenvalue weighted by molar-refractivity contribution is 14.0. The van der Waals surface area contributed by atoms with Gasteiger partial charge < -0.3 is 16.0 Å². The first-order chi connectivity index (χ1) is 11.7. The number of hydrogen-bond acceptors (Lipinski definition) is 3. The molecule has 0 aliphatic heterocycles. The summed E-state index contributed by atoms with van der Waals surface area (Å²) in [6, 6.07) is 11.8. The smallest absolute Gasteiger partial charge is 0.251 e. The molecule has 0 saturated heterocycles. The molecule has 0 bridgehead atoms. The van der Waals surface area contributed by atoms with E-state index in [-0.39, 0.29) is 29.9 Å². The Kier molecular flexibility index (Phi) is 10.2. The molecule has 5 nitrogen and oxygen atoms in total. The van der Waals surface area contributed by atoms with Crippen molar-refractivity contribution in [3.8, 4) is 0 Å². The molecule has 0 atom stereocenters. The van der Waals surface area contributed by atoms with Gasteiger partial charge in [-0.05, 0) is 42.5 Å². The highest BCUT2D eigenvalue weighted by Crippen LogP contribution is 2.09. The number of rotatable bonds is 7. The first-order valence-electron chi connectivity index (χ1n) is 8.08. The molecule has 0 fully saturated rings. The van der Waals surface area contributed by atoms with Crippen LogP contribution in [0.2, 0.25) is 0 Å². The maximum atomic E-state index is 11.7. The molecular formula is C18H25IN4OS.